The van der Waals surface area contributed by atoms with Crippen molar-refractivity contribution in [2.45, 2.75) is 19.3 Å². The maximum atomic E-state index is 12.0. The molecule has 0 bridgehead atoms. The molecular weight excluding hydrogens is 414 g/mol. The molecule has 0 radical (unpaired) electrons. The number of hydrogen-bond donors (Lipinski definition) is 0. The highest BCUT2D eigenvalue weighted by molar-refractivity contribution is 9.09. The molecule has 2 aromatic carbocycles. The summed E-state index contributed by atoms with van der Waals surface area (Å²) in [5, 5.41) is 1.05. The average molecular weight is 442 g/mol. The number of ether oxygens (including phenoxy) is 1. The van der Waals surface area contributed by atoms with Crippen molar-refractivity contribution in [3.63, 3.8) is 0 Å². The summed E-state index contributed by atoms with van der Waals surface area (Å²) in [6.07, 6.45) is 10.2. The Morgan fingerprint density at radius 1 is 0.893 bits per heavy atom. The van der Waals surface area contributed by atoms with E-state index in [1.807, 2.05) is 79.7 Å². The topological polar surface area (TPSA) is 29.5 Å². The Balaban J connectivity index is 1.81. The molecule has 0 heterocycles. The second-order valence-electron chi connectivity index (χ2n) is 6.72. The molecule has 0 aromatic heterocycles. The molecule has 0 spiro atoms. The molecule has 0 saturated heterocycles. The molecule has 0 saturated carbocycles. The molecule has 148 valence electrons. The van der Waals surface area contributed by atoms with Gasteiger partial charge in [-0.3, -0.25) is 4.79 Å². The molecule has 0 N–H and O–H groups in total. The second-order valence-corrected chi connectivity index (χ2v) is 7.52. The summed E-state index contributed by atoms with van der Waals surface area (Å²) in [4.78, 5) is 14.1. The third kappa shape index (κ3) is 8.13. The van der Waals surface area contributed by atoms with Gasteiger partial charge in [-0.05, 0) is 66.8 Å². The lowest BCUT2D eigenvalue weighted by atomic mass is 10.1. The van der Waals surface area contributed by atoms with Gasteiger partial charge < -0.3 is 9.64 Å². The van der Waals surface area contributed by atoms with Gasteiger partial charge in [0.1, 0.15) is 5.75 Å². The van der Waals surface area contributed by atoms with Crippen molar-refractivity contribution in [2.24, 2.45) is 0 Å². The minimum atomic E-state index is -0.0381. The van der Waals surface area contributed by atoms with Crippen LogP contribution in [0.4, 0.5) is 5.69 Å². The van der Waals surface area contributed by atoms with Gasteiger partial charge >= 0.3 is 0 Å². The van der Waals surface area contributed by atoms with Crippen LogP contribution < -0.4 is 9.64 Å². The van der Waals surface area contributed by atoms with E-state index in [1.54, 1.807) is 12.2 Å². The molecule has 3 nitrogen and oxygen atoms in total. The van der Waals surface area contributed by atoms with E-state index >= 15 is 0 Å². The molecule has 2 rings (SSSR count). The molecule has 0 aliphatic carbocycles. The number of hydrogen-bond acceptors (Lipinski definition) is 3. The fraction of sp³-hybridized carbons (Fsp3) is 0.292. The van der Waals surface area contributed by atoms with Crippen molar-refractivity contribution in [3.05, 3.63) is 71.8 Å². The minimum Gasteiger partial charge on any atom is -0.494 e. The molecule has 2 aromatic rings. The Morgan fingerprint density at radius 3 is 2.00 bits per heavy atom. The van der Waals surface area contributed by atoms with Crippen LogP contribution in [0.3, 0.4) is 0 Å². The van der Waals surface area contributed by atoms with Crippen molar-refractivity contribution in [1.82, 2.24) is 0 Å². The van der Waals surface area contributed by atoms with Gasteiger partial charge in [0.15, 0.2) is 5.78 Å². The molecule has 0 fully saturated rings. The lowest BCUT2D eigenvalue weighted by molar-refractivity contribution is -0.110. The van der Waals surface area contributed by atoms with E-state index < -0.39 is 0 Å². The van der Waals surface area contributed by atoms with Crippen LogP contribution in [0.5, 0.6) is 5.75 Å². The summed E-state index contributed by atoms with van der Waals surface area (Å²) in [5.74, 6) is 0.826. The number of halogens is 1. The number of allylic oxidation sites excluding steroid dienone is 2. The lowest BCUT2D eigenvalue weighted by Crippen LogP contribution is -2.07. The molecule has 0 amide bonds. The number of anilines is 1. The van der Waals surface area contributed by atoms with E-state index in [-0.39, 0.29) is 5.78 Å². The summed E-state index contributed by atoms with van der Waals surface area (Å²) in [6.45, 7) is 0.737. The number of unbranched alkanes of at least 4 members (excludes halogenated alkanes) is 2. The van der Waals surface area contributed by atoms with Crippen LogP contribution in [0.1, 0.15) is 30.4 Å². The number of rotatable bonds is 11. The SMILES string of the molecule is CN(C)c1ccc(/C=C/C(=O)/C=C/c2ccc(OCCCCCBr)cc2)cc1. The molecule has 0 atom stereocenters. The lowest BCUT2D eigenvalue weighted by Gasteiger charge is -2.11. The van der Waals surface area contributed by atoms with Crippen LogP contribution in [0, 0.1) is 0 Å². The zero-order valence-electron chi connectivity index (χ0n) is 16.6. The summed E-state index contributed by atoms with van der Waals surface area (Å²) in [6, 6.07) is 15.9. The van der Waals surface area contributed by atoms with Crippen LogP contribution in [-0.4, -0.2) is 31.8 Å². The third-order valence-electron chi connectivity index (χ3n) is 4.22. The minimum absolute atomic E-state index is 0.0381. The van der Waals surface area contributed by atoms with Gasteiger partial charge in [0.25, 0.3) is 0 Å². The Bertz CT molecular complexity index is 777. The maximum Gasteiger partial charge on any atom is 0.178 e. The van der Waals surface area contributed by atoms with Crippen LogP contribution >= 0.6 is 15.9 Å². The average Bonchev–Trinajstić information content (AvgIpc) is 2.71. The van der Waals surface area contributed by atoms with Crippen LogP contribution in [0.2, 0.25) is 0 Å². The number of benzene rings is 2. The van der Waals surface area contributed by atoms with E-state index in [2.05, 4.69) is 15.9 Å². The van der Waals surface area contributed by atoms with Crippen molar-refractivity contribution in [1.29, 1.82) is 0 Å². The summed E-state index contributed by atoms with van der Waals surface area (Å²) >= 11 is 3.43. The molecule has 0 aliphatic heterocycles. The Morgan fingerprint density at radius 2 is 1.46 bits per heavy atom. The summed E-state index contributed by atoms with van der Waals surface area (Å²) in [5.41, 5.74) is 3.11. The predicted octanol–water partition coefficient (Wildman–Crippen LogP) is 5.99. The van der Waals surface area contributed by atoms with E-state index in [9.17, 15) is 4.79 Å². The van der Waals surface area contributed by atoms with Gasteiger partial charge in [-0.1, -0.05) is 52.3 Å². The Hall–Kier alpha value is -2.33. The van der Waals surface area contributed by atoms with Crippen molar-refractivity contribution >= 4 is 39.6 Å². The molecule has 4 heteroatoms. The fourth-order valence-corrected chi connectivity index (χ4v) is 2.93. The quantitative estimate of drug-likeness (QED) is 0.243. The molecular formula is C24H28BrNO2. The highest BCUT2D eigenvalue weighted by Gasteiger charge is 1.97. The first-order chi connectivity index (χ1) is 13.6. The van der Waals surface area contributed by atoms with E-state index in [0.717, 1.165) is 40.9 Å². The summed E-state index contributed by atoms with van der Waals surface area (Å²) in [7, 11) is 4.01. The van der Waals surface area contributed by atoms with Crippen LogP contribution in [0.15, 0.2) is 60.7 Å². The number of nitrogens with zero attached hydrogens (tertiary/aromatic N) is 1. The standard InChI is InChI=1S/C24H28BrNO2/c1-26(2)22-12-6-20(7-13-22)8-14-23(27)15-9-21-10-16-24(17-11-21)28-19-5-3-4-18-25/h6-17H,3-5,18-19H2,1-2H3/b14-8+,15-9+. The number of ketones is 1. The third-order valence-corrected chi connectivity index (χ3v) is 4.78. The van der Waals surface area contributed by atoms with E-state index in [4.69, 9.17) is 4.74 Å². The predicted molar refractivity (Wildman–Crippen MR) is 123 cm³/mol. The van der Waals surface area contributed by atoms with Crippen molar-refractivity contribution in [3.8, 4) is 5.75 Å². The highest BCUT2D eigenvalue weighted by atomic mass is 79.9. The van der Waals surface area contributed by atoms with Crippen molar-refractivity contribution < 1.29 is 9.53 Å². The van der Waals surface area contributed by atoms with Gasteiger partial charge in [0, 0.05) is 25.1 Å². The van der Waals surface area contributed by atoms with E-state index in [0.29, 0.717) is 0 Å². The fourth-order valence-electron chi connectivity index (χ4n) is 2.53. The first-order valence-corrected chi connectivity index (χ1v) is 10.7. The van der Waals surface area contributed by atoms with Gasteiger partial charge in [0.2, 0.25) is 0 Å². The number of carbonyl (C=O) groups is 1. The van der Waals surface area contributed by atoms with Crippen LogP contribution in [-0.2, 0) is 4.79 Å². The first kappa shape index (κ1) is 22.0. The smallest absolute Gasteiger partial charge is 0.178 e. The van der Waals surface area contributed by atoms with Gasteiger partial charge in [-0.15, -0.1) is 0 Å². The maximum absolute atomic E-state index is 12.0. The van der Waals surface area contributed by atoms with Gasteiger partial charge in [0.05, 0.1) is 6.61 Å². The van der Waals surface area contributed by atoms with Crippen LogP contribution in [0.25, 0.3) is 12.2 Å². The normalized spacial score (nSPS) is 11.2. The molecule has 0 aliphatic rings. The Kier molecular flexibility index (Phi) is 9.56. The van der Waals surface area contributed by atoms with Gasteiger partial charge in [-0.25, -0.2) is 0 Å². The van der Waals surface area contributed by atoms with Crippen molar-refractivity contribution in [2.75, 3.05) is 30.9 Å². The number of carbonyl (C=O) groups excluding carboxylic acids is 1. The largest absolute Gasteiger partial charge is 0.494 e. The Labute approximate surface area is 176 Å². The number of alkyl halides is 1. The monoisotopic (exact) mass is 441 g/mol. The molecule has 28 heavy (non-hydrogen) atoms. The zero-order valence-corrected chi connectivity index (χ0v) is 18.2. The second kappa shape index (κ2) is 12.2. The zero-order chi connectivity index (χ0) is 20.2. The van der Waals surface area contributed by atoms with Gasteiger partial charge in [-0.2, -0.15) is 0 Å². The first-order valence-electron chi connectivity index (χ1n) is 9.55. The van der Waals surface area contributed by atoms with E-state index in [1.165, 1.54) is 12.8 Å². The highest BCUT2D eigenvalue weighted by Crippen LogP contribution is 2.15. The molecule has 0 unspecified atom stereocenters. The summed E-state index contributed by atoms with van der Waals surface area (Å²) < 4.78 is 5.72.